The molecule has 0 spiro atoms. The molecule has 0 bridgehead atoms. The first-order valence-electron chi connectivity index (χ1n) is 6.74. The number of aliphatic hydroxyl groups excluding tert-OH is 1. The van der Waals surface area contributed by atoms with Gasteiger partial charge in [0.1, 0.15) is 12.4 Å². The molecule has 1 aliphatic rings. The standard InChI is InChI=1S/C17H18O2/c18-11-15-10-17(15)14-6-8-16(9-7-14)19-12-13-4-2-1-3-5-13/h1-9,15,17-18H,10-12H2/t15-,17-/m1/s1. The summed E-state index contributed by atoms with van der Waals surface area (Å²) >= 11 is 0. The summed E-state index contributed by atoms with van der Waals surface area (Å²) in [5, 5.41) is 9.08. The van der Waals surface area contributed by atoms with Crippen LogP contribution in [0.1, 0.15) is 23.5 Å². The van der Waals surface area contributed by atoms with Gasteiger partial charge in [-0.1, -0.05) is 42.5 Å². The van der Waals surface area contributed by atoms with Crippen LogP contribution in [0, 0.1) is 5.92 Å². The first-order chi connectivity index (χ1) is 9.36. The van der Waals surface area contributed by atoms with E-state index in [2.05, 4.69) is 24.3 Å². The normalized spacial score (nSPS) is 21.1. The molecule has 98 valence electrons. The van der Waals surface area contributed by atoms with E-state index in [4.69, 9.17) is 9.84 Å². The van der Waals surface area contributed by atoms with Crippen LogP contribution in [0.2, 0.25) is 0 Å². The molecule has 2 aromatic rings. The van der Waals surface area contributed by atoms with Crippen molar-refractivity contribution in [2.75, 3.05) is 6.61 Å². The highest BCUT2D eigenvalue weighted by Crippen LogP contribution is 2.47. The predicted octanol–water partition coefficient (Wildman–Crippen LogP) is 3.36. The van der Waals surface area contributed by atoms with Crippen LogP contribution in [0.4, 0.5) is 0 Å². The summed E-state index contributed by atoms with van der Waals surface area (Å²) < 4.78 is 5.75. The Bertz CT molecular complexity index is 519. The minimum absolute atomic E-state index is 0.303. The van der Waals surface area contributed by atoms with Gasteiger partial charge in [0.25, 0.3) is 0 Å². The van der Waals surface area contributed by atoms with Gasteiger partial charge in [-0.25, -0.2) is 0 Å². The van der Waals surface area contributed by atoms with Gasteiger partial charge in [-0.15, -0.1) is 0 Å². The Morgan fingerprint density at radius 2 is 1.74 bits per heavy atom. The Morgan fingerprint density at radius 1 is 1.00 bits per heavy atom. The number of rotatable bonds is 5. The zero-order valence-electron chi connectivity index (χ0n) is 10.8. The molecule has 0 aromatic heterocycles. The summed E-state index contributed by atoms with van der Waals surface area (Å²) in [5.41, 5.74) is 2.49. The van der Waals surface area contributed by atoms with Crippen LogP contribution in [0.15, 0.2) is 54.6 Å². The Hall–Kier alpha value is -1.80. The highest BCUT2D eigenvalue weighted by Gasteiger charge is 2.37. The molecule has 0 unspecified atom stereocenters. The van der Waals surface area contributed by atoms with Gasteiger partial charge in [0.2, 0.25) is 0 Å². The van der Waals surface area contributed by atoms with Gasteiger partial charge in [-0.3, -0.25) is 0 Å². The van der Waals surface area contributed by atoms with E-state index in [0.29, 0.717) is 25.0 Å². The van der Waals surface area contributed by atoms with Gasteiger partial charge in [0.15, 0.2) is 0 Å². The van der Waals surface area contributed by atoms with Crippen LogP contribution in [-0.2, 0) is 6.61 Å². The van der Waals surface area contributed by atoms with Crippen molar-refractivity contribution in [2.45, 2.75) is 18.9 Å². The fourth-order valence-corrected chi connectivity index (χ4v) is 2.41. The number of hydrogen-bond acceptors (Lipinski definition) is 2. The van der Waals surface area contributed by atoms with E-state index in [9.17, 15) is 0 Å². The van der Waals surface area contributed by atoms with E-state index in [-0.39, 0.29) is 0 Å². The summed E-state index contributed by atoms with van der Waals surface area (Å²) in [5.74, 6) is 1.91. The molecule has 1 saturated carbocycles. The van der Waals surface area contributed by atoms with Gasteiger partial charge < -0.3 is 9.84 Å². The van der Waals surface area contributed by atoms with Gasteiger partial charge in [-0.05, 0) is 41.5 Å². The maximum Gasteiger partial charge on any atom is 0.119 e. The van der Waals surface area contributed by atoms with Crippen molar-refractivity contribution >= 4 is 0 Å². The molecule has 2 nitrogen and oxygen atoms in total. The number of aliphatic hydroxyl groups is 1. The van der Waals surface area contributed by atoms with Crippen molar-refractivity contribution in [2.24, 2.45) is 5.92 Å². The summed E-state index contributed by atoms with van der Waals surface area (Å²) in [4.78, 5) is 0. The molecule has 1 fully saturated rings. The Morgan fingerprint density at radius 3 is 2.37 bits per heavy atom. The number of ether oxygens (including phenoxy) is 1. The van der Waals surface area contributed by atoms with E-state index in [1.165, 1.54) is 11.1 Å². The van der Waals surface area contributed by atoms with Crippen LogP contribution < -0.4 is 4.74 Å². The zero-order chi connectivity index (χ0) is 13.1. The lowest BCUT2D eigenvalue weighted by Crippen LogP contribution is -1.95. The number of hydrogen-bond donors (Lipinski definition) is 1. The van der Waals surface area contributed by atoms with Crippen molar-refractivity contribution < 1.29 is 9.84 Å². The third-order valence-corrected chi connectivity index (χ3v) is 3.71. The number of benzene rings is 2. The first kappa shape index (κ1) is 12.2. The van der Waals surface area contributed by atoms with Gasteiger partial charge in [0, 0.05) is 6.61 Å². The Kier molecular flexibility index (Phi) is 3.51. The van der Waals surface area contributed by atoms with Crippen LogP contribution >= 0.6 is 0 Å². The van der Waals surface area contributed by atoms with E-state index in [1.807, 2.05) is 30.3 Å². The summed E-state index contributed by atoms with van der Waals surface area (Å²) in [6.07, 6.45) is 1.11. The van der Waals surface area contributed by atoms with E-state index in [1.54, 1.807) is 0 Å². The van der Waals surface area contributed by atoms with Crippen LogP contribution in [-0.4, -0.2) is 11.7 Å². The lowest BCUT2D eigenvalue weighted by Gasteiger charge is -2.07. The van der Waals surface area contributed by atoms with Crippen molar-refractivity contribution in [3.8, 4) is 5.75 Å². The maximum atomic E-state index is 9.08. The maximum absolute atomic E-state index is 9.08. The van der Waals surface area contributed by atoms with Gasteiger partial charge >= 0.3 is 0 Å². The highest BCUT2D eigenvalue weighted by molar-refractivity contribution is 5.32. The average Bonchev–Trinajstić information content (AvgIpc) is 3.26. The summed E-state index contributed by atoms with van der Waals surface area (Å²) in [7, 11) is 0. The Labute approximate surface area is 113 Å². The van der Waals surface area contributed by atoms with Crippen LogP contribution in [0.3, 0.4) is 0 Å². The fourth-order valence-electron chi connectivity index (χ4n) is 2.41. The third kappa shape index (κ3) is 2.96. The molecule has 0 aliphatic heterocycles. The molecular formula is C17H18O2. The zero-order valence-corrected chi connectivity index (χ0v) is 10.8. The summed E-state index contributed by atoms with van der Waals surface area (Å²) in [6.45, 7) is 0.903. The first-order valence-corrected chi connectivity index (χ1v) is 6.74. The second kappa shape index (κ2) is 5.45. The summed E-state index contributed by atoms with van der Waals surface area (Å²) in [6, 6.07) is 18.4. The molecule has 0 radical (unpaired) electrons. The molecule has 3 rings (SSSR count). The average molecular weight is 254 g/mol. The largest absolute Gasteiger partial charge is 0.489 e. The monoisotopic (exact) mass is 254 g/mol. The van der Waals surface area contributed by atoms with Crippen molar-refractivity contribution in [1.82, 2.24) is 0 Å². The Balaban J connectivity index is 1.58. The molecule has 19 heavy (non-hydrogen) atoms. The fraction of sp³-hybridized carbons (Fsp3) is 0.294. The van der Waals surface area contributed by atoms with Crippen molar-refractivity contribution in [1.29, 1.82) is 0 Å². The molecule has 0 heterocycles. The molecule has 1 aliphatic carbocycles. The molecule has 0 saturated heterocycles. The predicted molar refractivity (Wildman–Crippen MR) is 75.1 cm³/mol. The topological polar surface area (TPSA) is 29.5 Å². The van der Waals surface area contributed by atoms with Crippen molar-refractivity contribution in [3.05, 3.63) is 65.7 Å². The lowest BCUT2D eigenvalue weighted by molar-refractivity contribution is 0.274. The highest BCUT2D eigenvalue weighted by atomic mass is 16.5. The smallest absolute Gasteiger partial charge is 0.119 e. The molecular weight excluding hydrogens is 236 g/mol. The molecule has 2 aromatic carbocycles. The second-order valence-electron chi connectivity index (χ2n) is 5.13. The van der Waals surface area contributed by atoms with Gasteiger partial charge in [0.05, 0.1) is 0 Å². The van der Waals surface area contributed by atoms with Crippen LogP contribution in [0.25, 0.3) is 0 Å². The minimum atomic E-state index is 0.303. The quantitative estimate of drug-likeness (QED) is 0.886. The second-order valence-corrected chi connectivity index (χ2v) is 5.13. The molecule has 1 N–H and O–H groups in total. The van der Waals surface area contributed by atoms with Crippen LogP contribution in [0.5, 0.6) is 5.75 Å². The van der Waals surface area contributed by atoms with E-state index in [0.717, 1.165) is 12.2 Å². The molecule has 0 amide bonds. The molecule has 2 atom stereocenters. The lowest BCUT2D eigenvalue weighted by atomic mass is 10.1. The SMILES string of the molecule is OC[C@H]1C[C@@H]1c1ccc(OCc2ccccc2)cc1. The minimum Gasteiger partial charge on any atom is -0.489 e. The van der Waals surface area contributed by atoms with E-state index >= 15 is 0 Å². The third-order valence-electron chi connectivity index (χ3n) is 3.71. The van der Waals surface area contributed by atoms with E-state index < -0.39 is 0 Å². The van der Waals surface area contributed by atoms with Crippen molar-refractivity contribution in [3.63, 3.8) is 0 Å². The van der Waals surface area contributed by atoms with Gasteiger partial charge in [-0.2, -0.15) is 0 Å². The molecule has 2 heteroatoms.